The zero-order valence-electron chi connectivity index (χ0n) is 10.5. The molecule has 0 saturated carbocycles. The van der Waals surface area contributed by atoms with Crippen LogP contribution in [-0.2, 0) is 4.74 Å². The minimum absolute atomic E-state index is 0.253. The maximum atomic E-state index is 11.3. The van der Waals surface area contributed by atoms with Gasteiger partial charge in [-0.1, -0.05) is 15.9 Å². The lowest BCUT2D eigenvalue weighted by Gasteiger charge is -2.30. The number of hydrogen-bond acceptors (Lipinski definition) is 3. The summed E-state index contributed by atoms with van der Waals surface area (Å²) in [4.78, 5) is 16.7. The molecule has 1 aromatic carbocycles. The third kappa shape index (κ3) is 2.13. The van der Waals surface area contributed by atoms with Crippen molar-refractivity contribution in [3.8, 4) is 0 Å². The zero-order valence-corrected chi connectivity index (χ0v) is 12.1. The molecule has 102 valence electrons. The first-order chi connectivity index (χ1) is 8.99. The number of aliphatic hydroxyl groups is 1. The van der Waals surface area contributed by atoms with E-state index in [4.69, 9.17) is 4.74 Å². The normalized spacial score (nSPS) is 25.0. The van der Waals surface area contributed by atoms with Gasteiger partial charge in [0.25, 0.3) is 0 Å². The second-order valence-electron chi connectivity index (χ2n) is 5.17. The summed E-state index contributed by atoms with van der Waals surface area (Å²) < 4.78 is 6.44. The molecule has 0 spiro atoms. The average molecular weight is 327 g/mol. The molecule has 0 bridgehead atoms. The summed E-state index contributed by atoms with van der Waals surface area (Å²) in [7, 11) is 0. The van der Waals surface area contributed by atoms with Gasteiger partial charge in [-0.05, 0) is 37.5 Å². The van der Waals surface area contributed by atoms with Gasteiger partial charge in [0, 0.05) is 11.1 Å². The molecule has 1 aliphatic heterocycles. The van der Waals surface area contributed by atoms with E-state index in [0.29, 0.717) is 17.6 Å². The van der Waals surface area contributed by atoms with Gasteiger partial charge < -0.3 is 19.8 Å². The van der Waals surface area contributed by atoms with Gasteiger partial charge in [-0.3, -0.25) is 0 Å². The van der Waals surface area contributed by atoms with Crippen molar-refractivity contribution >= 4 is 27.0 Å². The molecule has 2 aromatic rings. The van der Waals surface area contributed by atoms with Crippen LogP contribution in [-0.4, -0.2) is 27.3 Å². The van der Waals surface area contributed by atoms with E-state index in [2.05, 4.69) is 25.9 Å². The maximum Gasteiger partial charge on any atom is 0.323 e. The first kappa shape index (κ1) is 12.9. The average Bonchev–Trinajstić information content (AvgIpc) is 2.93. The molecular weight excluding hydrogens is 312 g/mol. The van der Waals surface area contributed by atoms with Gasteiger partial charge in [0.1, 0.15) is 6.10 Å². The lowest BCUT2D eigenvalue weighted by atomic mass is 9.90. The van der Waals surface area contributed by atoms with Crippen LogP contribution in [0.3, 0.4) is 0 Å². The van der Waals surface area contributed by atoms with Crippen LogP contribution in [0.4, 0.5) is 0 Å². The second-order valence-corrected chi connectivity index (χ2v) is 6.02. The van der Waals surface area contributed by atoms with Crippen molar-refractivity contribution in [2.24, 2.45) is 0 Å². The Bertz CT molecular complexity index is 670. The van der Waals surface area contributed by atoms with Crippen LogP contribution in [0, 0.1) is 0 Å². The lowest BCUT2D eigenvalue weighted by Crippen LogP contribution is -2.32. The van der Waals surface area contributed by atoms with E-state index >= 15 is 0 Å². The minimum Gasteiger partial charge on any atom is -0.385 e. The van der Waals surface area contributed by atoms with E-state index in [9.17, 15) is 9.90 Å². The lowest BCUT2D eigenvalue weighted by molar-refractivity contribution is -0.0798. The number of hydrogen-bond donors (Lipinski definition) is 3. The fourth-order valence-electron chi connectivity index (χ4n) is 2.63. The maximum absolute atomic E-state index is 11.3. The standard InChI is InChI=1S/C13H15BrN2O3/c1-13(3-2-4-19-13)11(17)7-5-9-10(6-8(7)14)16-12(18)15-9/h5-6,11,17H,2-4H2,1H3,(H2,15,16,18). The van der Waals surface area contributed by atoms with Crippen LogP contribution in [0.1, 0.15) is 31.4 Å². The molecule has 3 rings (SSSR count). The molecule has 1 aliphatic rings. The molecule has 5 nitrogen and oxygen atoms in total. The summed E-state index contributed by atoms with van der Waals surface area (Å²) in [6.07, 6.45) is 1.05. The van der Waals surface area contributed by atoms with Gasteiger partial charge in [0.2, 0.25) is 0 Å². The third-order valence-corrected chi connectivity index (χ3v) is 4.44. The highest BCUT2D eigenvalue weighted by Crippen LogP contribution is 2.40. The highest BCUT2D eigenvalue weighted by molar-refractivity contribution is 9.10. The number of imidazole rings is 1. The summed E-state index contributed by atoms with van der Waals surface area (Å²) in [6.45, 7) is 2.59. The highest BCUT2D eigenvalue weighted by atomic mass is 79.9. The van der Waals surface area contributed by atoms with Crippen LogP contribution in [0.25, 0.3) is 11.0 Å². The number of H-pyrrole nitrogens is 2. The number of rotatable bonds is 2. The first-order valence-corrected chi connectivity index (χ1v) is 7.02. The van der Waals surface area contributed by atoms with E-state index in [-0.39, 0.29) is 5.69 Å². The van der Waals surface area contributed by atoms with E-state index in [1.54, 1.807) is 12.1 Å². The molecule has 2 atom stereocenters. The molecule has 1 fully saturated rings. The Hall–Kier alpha value is -1.11. The number of halogens is 1. The van der Waals surface area contributed by atoms with Gasteiger partial charge >= 0.3 is 5.69 Å². The molecule has 0 aliphatic carbocycles. The summed E-state index contributed by atoms with van der Waals surface area (Å²) in [5.74, 6) is 0. The Labute approximate surface area is 118 Å². The number of ether oxygens (including phenoxy) is 1. The smallest absolute Gasteiger partial charge is 0.323 e. The van der Waals surface area contributed by atoms with Crippen molar-refractivity contribution < 1.29 is 9.84 Å². The highest BCUT2D eigenvalue weighted by Gasteiger charge is 2.39. The molecule has 3 N–H and O–H groups in total. The van der Waals surface area contributed by atoms with Crippen LogP contribution >= 0.6 is 15.9 Å². The molecule has 1 aromatic heterocycles. The molecular formula is C13H15BrN2O3. The predicted octanol–water partition coefficient (Wildman–Crippen LogP) is 2.22. The molecule has 1 saturated heterocycles. The third-order valence-electron chi connectivity index (χ3n) is 3.76. The summed E-state index contributed by atoms with van der Waals surface area (Å²) >= 11 is 3.45. The van der Waals surface area contributed by atoms with Crippen molar-refractivity contribution in [3.63, 3.8) is 0 Å². The molecule has 0 amide bonds. The van der Waals surface area contributed by atoms with Crippen molar-refractivity contribution in [2.75, 3.05) is 6.61 Å². The van der Waals surface area contributed by atoms with Crippen LogP contribution < -0.4 is 5.69 Å². The van der Waals surface area contributed by atoms with E-state index in [0.717, 1.165) is 22.9 Å². The first-order valence-electron chi connectivity index (χ1n) is 6.23. The summed E-state index contributed by atoms with van der Waals surface area (Å²) in [5.41, 5.74) is 1.31. The van der Waals surface area contributed by atoms with Crippen molar-refractivity contribution in [2.45, 2.75) is 31.5 Å². The van der Waals surface area contributed by atoms with Gasteiger partial charge in [-0.15, -0.1) is 0 Å². The number of aromatic amines is 2. The topological polar surface area (TPSA) is 78.1 Å². The second kappa shape index (κ2) is 4.47. The van der Waals surface area contributed by atoms with Gasteiger partial charge in [0.15, 0.2) is 0 Å². The van der Waals surface area contributed by atoms with E-state index in [1.165, 1.54) is 0 Å². The number of benzene rings is 1. The fourth-order valence-corrected chi connectivity index (χ4v) is 3.19. The molecule has 0 radical (unpaired) electrons. The number of fused-ring (bicyclic) bond motifs is 1. The number of aromatic nitrogens is 2. The van der Waals surface area contributed by atoms with Crippen molar-refractivity contribution in [1.29, 1.82) is 0 Å². The Balaban J connectivity index is 2.08. The van der Waals surface area contributed by atoms with Crippen LogP contribution in [0.15, 0.2) is 21.4 Å². The van der Waals surface area contributed by atoms with E-state index in [1.807, 2.05) is 6.92 Å². The SMILES string of the molecule is CC1(C(O)c2cc3[nH]c(=O)[nH]c3cc2Br)CCCO1. The van der Waals surface area contributed by atoms with Gasteiger partial charge in [-0.2, -0.15) is 0 Å². The Kier molecular flexibility index (Phi) is 3.03. The molecule has 2 unspecified atom stereocenters. The molecule has 2 heterocycles. The van der Waals surface area contributed by atoms with Crippen molar-refractivity contribution in [3.05, 3.63) is 32.7 Å². The van der Waals surface area contributed by atoms with Crippen LogP contribution in [0.5, 0.6) is 0 Å². The summed E-state index contributed by atoms with van der Waals surface area (Å²) in [6, 6.07) is 3.58. The van der Waals surface area contributed by atoms with Crippen LogP contribution in [0.2, 0.25) is 0 Å². The number of aliphatic hydroxyl groups excluding tert-OH is 1. The van der Waals surface area contributed by atoms with Gasteiger partial charge in [-0.25, -0.2) is 4.79 Å². The predicted molar refractivity (Wildman–Crippen MR) is 75.2 cm³/mol. The fraction of sp³-hybridized carbons (Fsp3) is 0.462. The zero-order chi connectivity index (χ0) is 13.6. The monoisotopic (exact) mass is 326 g/mol. The largest absolute Gasteiger partial charge is 0.385 e. The summed E-state index contributed by atoms with van der Waals surface area (Å²) in [5, 5.41) is 10.6. The Morgan fingerprint density at radius 3 is 2.74 bits per heavy atom. The Morgan fingerprint density at radius 1 is 1.42 bits per heavy atom. The number of nitrogens with one attached hydrogen (secondary N) is 2. The molecule has 6 heteroatoms. The quantitative estimate of drug-likeness (QED) is 0.791. The minimum atomic E-state index is -0.729. The van der Waals surface area contributed by atoms with E-state index < -0.39 is 11.7 Å². The van der Waals surface area contributed by atoms with Crippen molar-refractivity contribution in [1.82, 2.24) is 9.97 Å². The molecule has 19 heavy (non-hydrogen) atoms. The van der Waals surface area contributed by atoms with Gasteiger partial charge in [0.05, 0.1) is 16.6 Å². The Morgan fingerprint density at radius 2 is 2.11 bits per heavy atom.